The van der Waals surface area contributed by atoms with Gasteiger partial charge in [-0.3, -0.25) is 0 Å². The molecular formula is C6H8NOS. The number of thiazole rings is 1. The first kappa shape index (κ1) is 6.71. The fourth-order valence-corrected chi connectivity index (χ4v) is 1.27. The minimum absolute atomic E-state index is 0.606. The molecule has 9 heavy (non-hydrogen) atoms. The number of aromatic nitrogens is 1. The molecule has 1 unspecified atom stereocenters. The van der Waals surface area contributed by atoms with Gasteiger partial charge >= 0.3 is 0 Å². The summed E-state index contributed by atoms with van der Waals surface area (Å²) >= 11 is 1.43. The van der Waals surface area contributed by atoms with Crippen LogP contribution in [-0.2, 0) is 5.11 Å². The first-order chi connectivity index (χ1) is 4.34. The van der Waals surface area contributed by atoms with Gasteiger partial charge in [0.2, 0.25) is 0 Å². The Hall–Kier alpha value is -0.410. The number of hydrogen-bond acceptors (Lipinski definition) is 2. The number of hydrogen-bond donors (Lipinski definition) is 0. The Labute approximate surface area is 58.2 Å². The Morgan fingerprint density at radius 3 is 3.11 bits per heavy atom. The predicted molar refractivity (Wildman–Crippen MR) is 35.8 cm³/mol. The summed E-state index contributed by atoms with van der Waals surface area (Å²) in [6.45, 7) is 1.87. The lowest BCUT2D eigenvalue weighted by molar-refractivity contribution is 0.0854. The van der Waals surface area contributed by atoms with Crippen molar-refractivity contribution in [3.8, 4) is 0 Å². The molecule has 0 N–H and O–H groups in total. The topological polar surface area (TPSA) is 32.8 Å². The van der Waals surface area contributed by atoms with Crippen LogP contribution < -0.4 is 0 Å². The van der Waals surface area contributed by atoms with Crippen LogP contribution in [0.5, 0.6) is 0 Å². The molecule has 0 aliphatic rings. The van der Waals surface area contributed by atoms with Crippen molar-refractivity contribution < 1.29 is 5.11 Å². The zero-order valence-electron chi connectivity index (χ0n) is 5.20. The first-order valence-corrected chi connectivity index (χ1v) is 3.77. The fraction of sp³-hybridized carbons (Fsp3) is 0.500. The Morgan fingerprint density at radius 1 is 1.89 bits per heavy atom. The molecule has 0 aliphatic carbocycles. The molecule has 0 amide bonds. The smallest absolute Gasteiger partial charge is 0.144 e. The molecule has 0 saturated carbocycles. The molecule has 1 rings (SSSR count). The van der Waals surface area contributed by atoms with Crippen LogP contribution in [0.15, 0.2) is 11.6 Å². The maximum atomic E-state index is 10.9. The van der Waals surface area contributed by atoms with E-state index in [-0.39, 0.29) is 0 Å². The van der Waals surface area contributed by atoms with E-state index in [0.717, 1.165) is 0 Å². The monoisotopic (exact) mass is 142 g/mol. The van der Waals surface area contributed by atoms with Gasteiger partial charge in [0.15, 0.2) is 0 Å². The van der Waals surface area contributed by atoms with Crippen molar-refractivity contribution in [3.63, 3.8) is 0 Å². The van der Waals surface area contributed by atoms with E-state index in [9.17, 15) is 5.11 Å². The van der Waals surface area contributed by atoms with Crippen molar-refractivity contribution >= 4 is 11.3 Å². The van der Waals surface area contributed by atoms with E-state index in [0.29, 0.717) is 11.4 Å². The van der Waals surface area contributed by atoms with Gasteiger partial charge in [-0.05, 0) is 6.42 Å². The summed E-state index contributed by atoms with van der Waals surface area (Å²) in [5.41, 5.74) is 0. The van der Waals surface area contributed by atoms with E-state index >= 15 is 0 Å². The lowest BCUT2D eigenvalue weighted by Crippen LogP contribution is -1.90. The van der Waals surface area contributed by atoms with Crippen molar-refractivity contribution in [1.29, 1.82) is 0 Å². The standard InChI is InChI=1S/C6H8NOS/c1-2-5(8)6-7-3-4-9-6/h3-5H,2H2,1H3. The van der Waals surface area contributed by atoms with Gasteiger partial charge in [0.1, 0.15) is 11.1 Å². The van der Waals surface area contributed by atoms with Crippen molar-refractivity contribution in [2.75, 3.05) is 0 Å². The Morgan fingerprint density at radius 2 is 2.67 bits per heavy atom. The van der Waals surface area contributed by atoms with Gasteiger partial charge in [-0.15, -0.1) is 11.3 Å². The van der Waals surface area contributed by atoms with Gasteiger partial charge in [0, 0.05) is 11.6 Å². The second kappa shape index (κ2) is 2.94. The number of nitrogens with zero attached hydrogens (tertiary/aromatic N) is 1. The Bertz CT molecular complexity index is 162. The van der Waals surface area contributed by atoms with Crippen LogP contribution in [0.25, 0.3) is 0 Å². The average molecular weight is 142 g/mol. The molecule has 0 spiro atoms. The van der Waals surface area contributed by atoms with Gasteiger partial charge in [0.25, 0.3) is 0 Å². The third-order valence-corrected chi connectivity index (χ3v) is 1.97. The molecule has 3 heteroatoms. The molecule has 0 fully saturated rings. The normalized spacial score (nSPS) is 13.6. The van der Waals surface area contributed by atoms with Gasteiger partial charge < -0.3 is 0 Å². The highest BCUT2D eigenvalue weighted by Crippen LogP contribution is 2.18. The summed E-state index contributed by atoms with van der Waals surface area (Å²) in [5.74, 6) is 0. The van der Waals surface area contributed by atoms with E-state index in [1.165, 1.54) is 11.3 Å². The van der Waals surface area contributed by atoms with Crippen LogP contribution in [0.1, 0.15) is 24.5 Å². The SMILES string of the molecule is CCC([O])c1nccs1. The number of rotatable bonds is 2. The van der Waals surface area contributed by atoms with E-state index in [4.69, 9.17) is 0 Å². The zero-order valence-corrected chi connectivity index (χ0v) is 6.02. The third kappa shape index (κ3) is 1.50. The van der Waals surface area contributed by atoms with Crippen molar-refractivity contribution in [2.45, 2.75) is 19.4 Å². The molecule has 49 valence electrons. The highest BCUT2D eigenvalue weighted by atomic mass is 32.1. The summed E-state index contributed by atoms with van der Waals surface area (Å²) in [4.78, 5) is 3.89. The maximum absolute atomic E-state index is 10.9. The van der Waals surface area contributed by atoms with Crippen LogP contribution in [0, 0.1) is 0 Å². The molecule has 0 aromatic carbocycles. The largest absolute Gasteiger partial charge is 0.247 e. The molecule has 0 bridgehead atoms. The van der Waals surface area contributed by atoms with Gasteiger partial charge in [0.05, 0.1) is 0 Å². The summed E-state index contributed by atoms with van der Waals surface area (Å²) in [7, 11) is 0. The average Bonchev–Trinajstić information content (AvgIpc) is 2.37. The van der Waals surface area contributed by atoms with Crippen LogP contribution in [-0.4, -0.2) is 4.98 Å². The fourth-order valence-electron chi connectivity index (χ4n) is 0.568. The lowest BCUT2D eigenvalue weighted by Gasteiger charge is -1.96. The Balaban J connectivity index is 2.65. The second-order valence-corrected chi connectivity index (χ2v) is 2.69. The predicted octanol–water partition coefficient (Wildman–Crippen LogP) is 2.02. The van der Waals surface area contributed by atoms with Crippen LogP contribution >= 0.6 is 11.3 Å². The van der Waals surface area contributed by atoms with E-state index < -0.39 is 6.10 Å². The molecule has 1 radical (unpaired) electrons. The zero-order chi connectivity index (χ0) is 6.69. The highest BCUT2D eigenvalue weighted by molar-refractivity contribution is 7.09. The maximum Gasteiger partial charge on any atom is 0.144 e. The molecule has 1 atom stereocenters. The van der Waals surface area contributed by atoms with Gasteiger partial charge in [-0.25, -0.2) is 10.1 Å². The minimum atomic E-state index is -0.606. The second-order valence-electron chi connectivity index (χ2n) is 1.77. The molecule has 2 nitrogen and oxygen atoms in total. The highest BCUT2D eigenvalue weighted by Gasteiger charge is 2.07. The Kier molecular flexibility index (Phi) is 2.19. The molecule has 1 aromatic rings. The first-order valence-electron chi connectivity index (χ1n) is 2.89. The molecule has 1 aromatic heterocycles. The van der Waals surface area contributed by atoms with Crippen molar-refractivity contribution in [3.05, 3.63) is 16.6 Å². The van der Waals surface area contributed by atoms with Crippen LogP contribution in [0.2, 0.25) is 0 Å². The van der Waals surface area contributed by atoms with E-state index in [2.05, 4.69) is 4.98 Å². The third-order valence-electron chi connectivity index (χ3n) is 1.10. The molecular weight excluding hydrogens is 134 g/mol. The summed E-state index contributed by atoms with van der Waals surface area (Å²) in [5, 5.41) is 13.4. The molecule has 0 saturated heterocycles. The summed E-state index contributed by atoms with van der Waals surface area (Å²) in [6, 6.07) is 0. The van der Waals surface area contributed by atoms with Crippen LogP contribution in [0.3, 0.4) is 0 Å². The van der Waals surface area contributed by atoms with Gasteiger partial charge in [-0.2, -0.15) is 0 Å². The van der Waals surface area contributed by atoms with Crippen molar-refractivity contribution in [2.24, 2.45) is 0 Å². The van der Waals surface area contributed by atoms with E-state index in [1.807, 2.05) is 12.3 Å². The van der Waals surface area contributed by atoms with Crippen molar-refractivity contribution in [1.82, 2.24) is 4.98 Å². The summed E-state index contributed by atoms with van der Waals surface area (Å²) in [6.07, 6.45) is 1.69. The summed E-state index contributed by atoms with van der Waals surface area (Å²) < 4.78 is 0. The van der Waals surface area contributed by atoms with Crippen LogP contribution in [0.4, 0.5) is 0 Å². The van der Waals surface area contributed by atoms with Gasteiger partial charge in [-0.1, -0.05) is 6.92 Å². The van der Waals surface area contributed by atoms with E-state index in [1.54, 1.807) is 6.20 Å². The molecule has 0 aliphatic heterocycles. The quantitative estimate of drug-likeness (QED) is 0.621. The minimum Gasteiger partial charge on any atom is -0.247 e. The lowest BCUT2D eigenvalue weighted by atomic mass is 10.3. The molecule has 1 heterocycles.